The number of halogens is 17. The summed E-state index contributed by atoms with van der Waals surface area (Å²) in [5.41, 5.74) is -16.5. The first kappa shape index (κ1) is 30.9. The molecule has 42 heavy (non-hydrogen) atoms. The van der Waals surface area contributed by atoms with Crippen molar-refractivity contribution in [2.45, 2.75) is 0 Å². The van der Waals surface area contributed by atoms with Gasteiger partial charge in [0, 0.05) is 5.19 Å². The monoisotopic (exact) mass is 639 g/mol. The van der Waals surface area contributed by atoms with Crippen LogP contribution in [-0.2, 0) is 0 Å². The van der Waals surface area contributed by atoms with Gasteiger partial charge in [-0.15, -0.1) is 0 Å². The maximum atomic E-state index is 15.6. The Balaban J connectivity index is 2.41. The lowest BCUT2D eigenvalue weighted by Gasteiger charge is -2.20. The molecule has 0 amide bonds. The molecule has 0 heterocycles. The van der Waals surface area contributed by atoms with E-state index in [0.717, 1.165) is 0 Å². The molecule has 0 atom stereocenters. The molecule has 18 heteroatoms. The van der Waals surface area contributed by atoms with Crippen LogP contribution in [0.25, 0.3) is 33.4 Å². The van der Waals surface area contributed by atoms with Crippen LogP contribution < -0.4 is 5.19 Å². The summed E-state index contributed by atoms with van der Waals surface area (Å²) >= 11 is 0. The average molecular weight is 639 g/mol. The fourth-order valence-electron chi connectivity index (χ4n) is 3.82. The summed E-state index contributed by atoms with van der Waals surface area (Å²) in [5.74, 6) is -50.5. The number of hydrogen-bond acceptors (Lipinski definition) is 0. The Hall–Kier alpha value is -4.09. The van der Waals surface area contributed by atoms with Crippen molar-refractivity contribution in [3.8, 4) is 33.4 Å². The predicted molar refractivity (Wildman–Crippen MR) is 107 cm³/mol. The van der Waals surface area contributed by atoms with Crippen LogP contribution in [-0.4, -0.2) is 10.2 Å². The molecule has 0 saturated carbocycles. The van der Waals surface area contributed by atoms with Crippen molar-refractivity contribution in [2.24, 2.45) is 0 Å². The lowest BCUT2D eigenvalue weighted by Crippen LogP contribution is -2.21. The summed E-state index contributed by atoms with van der Waals surface area (Å²) in [6.07, 6.45) is 0. The van der Waals surface area contributed by atoms with E-state index in [9.17, 15) is 61.5 Å². The van der Waals surface area contributed by atoms with Crippen molar-refractivity contribution in [3.63, 3.8) is 0 Å². The maximum absolute atomic E-state index is 15.6. The molecule has 0 unspecified atom stereocenters. The van der Waals surface area contributed by atoms with Gasteiger partial charge >= 0.3 is 0 Å². The van der Waals surface area contributed by atoms with Crippen molar-refractivity contribution in [3.05, 3.63) is 98.9 Å². The molecule has 0 spiro atoms. The van der Waals surface area contributed by atoms with Crippen LogP contribution in [0.1, 0.15) is 0 Å². The summed E-state index contributed by atoms with van der Waals surface area (Å²) in [6, 6.07) is 0. The zero-order valence-electron chi connectivity index (χ0n) is 18.9. The van der Waals surface area contributed by atoms with E-state index in [1.165, 1.54) is 0 Å². The van der Waals surface area contributed by atoms with Gasteiger partial charge in [0.1, 0.15) is 17.5 Å². The third-order valence-corrected chi connectivity index (χ3v) is 6.19. The standard InChI is InChI=1S/C24F17Si/c25-7-1(4-10(28)16(34)20(38)17(35)11(4)29)8(26)3(6-14(32)22(40)24(42)23(41)15(6)33)9(27)2(7)5-12(30)18(36)21(39)19(37)13(5)31. The van der Waals surface area contributed by atoms with E-state index in [2.05, 4.69) is 10.2 Å². The van der Waals surface area contributed by atoms with Crippen LogP contribution in [0.4, 0.5) is 74.6 Å². The summed E-state index contributed by atoms with van der Waals surface area (Å²) in [4.78, 5) is 0. The van der Waals surface area contributed by atoms with Crippen LogP contribution in [0.15, 0.2) is 0 Å². The van der Waals surface area contributed by atoms with Gasteiger partial charge in [0.15, 0.2) is 69.8 Å². The summed E-state index contributed by atoms with van der Waals surface area (Å²) in [5, 5.41) is -1.70. The summed E-state index contributed by atoms with van der Waals surface area (Å²) in [7, 11) is 2.07. The van der Waals surface area contributed by atoms with Crippen LogP contribution in [0.5, 0.6) is 0 Å². The highest BCUT2D eigenvalue weighted by Crippen LogP contribution is 2.47. The van der Waals surface area contributed by atoms with Gasteiger partial charge in [-0.3, -0.25) is 0 Å². The number of rotatable bonds is 3. The van der Waals surface area contributed by atoms with E-state index in [1.807, 2.05) is 0 Å². The molecule has 3 radical (unpaired) electrons. The Morgan fingerprint density at radius 2 is 0.333 bits per heavy atom. The van der Waals surface area contributed by atoms with Crippen molar-refractivity contribution in [2.75, 3.05) is 0 Å². The zero-order chi connectivity index (χ0) is 31.9. The molecule has 0 aliphatic rings. The summed E-state index contributed by atoms with van der Waals surface area (Å²) < 4.78 is 245. The smallest absolute Gasteiger partial charge is 0.200 e. The molecule has 0 aliphatic heterocycles. The molecule has 4 rings (SSSR count). The van der Waals surface area contributed by atoms with E-state index in [-0.39, 0.29) is 0 Å². The van der Waals surface area contributed by atoms with Crippen molar-refractivity contribution in [1.82, 2.24) is 0 Å². The Morgan fingerprint density at radius 3 is 0.548 bits per heavy atom. The van der Waals surface area contributed by atoms with Crippen LogP contribution in [0.2, 0.25) is 0 Å². The average Bonchev–Trinajstić information content (AvgIpc) is 2.95. The van der Waals surface area contributed by atoms with Gasteiger partial charge in [-0.05, 0) is 0 Å². The Morgan fingerprint density at radius 1 is 0.190 bits per heavy atom. The molecule has 4 aromatic carbocycles. The SMILES string of the molecule is Fc1c(F)c(F)c(-c2c(F)c(-c3c(F)c(F)c(F)c(F)c3F)c(F)c(-c3c(F)c(F)c([Si])c(F)c3F)c2F)c(F)c1F. The summed E-state index contributed by atoms with van der Waals surface area (Å²) in [6.45, 7) is 0. The molecule has 0 aliphatic carbocycles. The Bertz CT molecular complexity index is 1540. The van der Waals surface area contributed by atoms with E-state index >= 15 is 13.2 Å². The second-order valence-electron chi connectivity index (χ2n) is 7.96. The normalized spacial score (nSPS) is 11.6. The molecule has 0 nitrogen and oxygen atoms in total. The van der Waals surface area contributed by atoms with E-state index in [4.69, 9.17) is 0 Å². The van der Waals surface area contributed by atoms with Crippen molar-refractivity contribution in [1.29, 1.82) is 0 Å². The molecule has 0 aromatic heterocycles. The first-order valence-corrected chi connectivity index (χ1v) is 10.7. The highest BCUT2D eigenvalue weighted by atomic mass is 28.1. The zero-order valence-corrected chi connectivity index (χ0v) is 19.9. The fraction of sp³-hybridized carbons (Fsp3) is 0. The first-order valence-electron chi connectivity index (χ1n) is 10.2. The minimum absolute atomic E-state index is 1.70. The van der Waals surface area contributed by atoms with Gasteiger partial charge in [0.05, 0.1) is 43.6 Å². The van der Waals surface area contributed by atoms with E-state index in [0.29, 0.717) is 0 Å². The first-order chi connectivity index (χ1) is 19.4. The minimum atomic E-state index is -3.15. The van der Waals surface area contributed by atoms with Gasteiger partial charge in [-0.25, -0.2) is 74.6 Å². The highest BCUT2D eigenvalue weighted by Gasteiger charge is 2.40. The molecule has 0 N–H and O–H groups in total. The van der Waals surface area contributed by atoms with E-state index < -0.39 is 137 Å². The second-order valence-corrected chi connectivity index (χ2v) is 8.46. The molecule has 0 saturated heterocycles. The molecule has 4 aromatic rings. The highest BCUT2D eigenvalue weighted by molar-refractivity contribution is 6.32. The van der Waals surface area contributed by atoms with Crippen LogP contribution in [0, 0.1) is 98.9 Å². The number of benzene rings is 4. The lowest BCUT2D eigenvalue weighted by atomic mass is 9.89. The lowest BCUT2D eigenvalue weighted by molar-refractivity contribution is 0.379. The van der Waals surface area contributed by atoms with Gasteiger partial charge in [0.25, 0.3) is 0 Å². The van der Waals surface area contributed by atoms with Crippen molar-refractivity contribution < 1.29 is 74.6 Å². The largest absolute Gasteiger partial charge is 0.205 e. The molecule has 0 bridgehead atoms. The van der Waals surface area contributed by atoms with Gasteiger partial charge in [0.2, 0.25) is 11.6 Å². The second kappa shape index (κ2) is 10.3. The van der Waals surface area contributed by atoms with Gasteiger partial charge in [-0.1, -0.05) is 0 Å². The molecule has 0 fully saturated rings. The van der Waals surface area contributed by atoms with Crippen LogP contribution >= 0.6 is 0 Å². The van der Waals surface area contributed by atoms with Crippen LogP contribution in [0.3, 0.4) is 0 Å². The molecular weight excluding hydrogens is 639 g/mol. The number of hydrogen-bond donors (Lipinski definition) is 0. The van der Waals surface area contributed by atoms with E-state index in [1.54, 1.807) is 0 Å². The Labute approximate surface area is 223 Å². The third kappa shape index (κ3) is 4.05. The molecular formula is C24F17Si. The van der Waals surface area contributed by atoms with Gasteiger partial charge in [-0.2, -0.15) is 0 Å². The van der Waals surface area contributed by atoms with Gasteiger partial charge < -0.3 is 0 Å². The fourth-order valence-corrected chi connectivity index (χ4v) is 4.04. The maximum Gasteiger partial charge on any atom is 0.200 e. The topological polar surface area (TPSA) is 0 Å². The molecule has 219 valence electrons. The Kier molecular flexibility index (Phi) is 7.58. The third-order valence-electron chi connectivity index (χ3n) is 5.75. The van der Waals surface area contributed by atoms with Crippen molar-refractivity contribution >= 4 is 15.4 Å². The quantitative estimate of drug-likeness (QED) is 0.0928. The minimum Gasteiger partial charge on any atom is -0.205 e. The predicted octanol–water partition coefficient (Wildman–Crippen LogP) is 7.85.